The highest BCUT2D eigenvalue weighted by atomic mass is 16.5. The second kappa shape index (κ2) is 6.05. The number of carbonyl (C=O) groups excluding carboxylic acids is 3. The van der Waals surface area contributed by atoms with Crippen LogP contribution in [0.4, 0.5) is 4.79 Å². The number of methoxy groups -OCH3 is 1. The Morgan fingerprint density at radius 3 is 2.75 bits per heavy atom. The van der Waals surface area contributed by atoms with E-state index in [1.807, 2.05) is 0 Å². The highest BCUT2D eigenvalue weighted by Gasteiger charge is 2.27. The van der Waals surface area contributed by atoms with Crippen LogP contribution in [0.5, 0.6) is 5.75 Å². The molecule has 3 amide bonds. The van der Waals surface area contributed by atoms with Crippen molar-refractivity contribution in [2.75, 3.05) is 26.8 Å². The summed E-state index contributed by atoms with van der Waals surface area (Å²) in [5.74, 6) is -0.859. The number of imide groups is 1. The monoisotopic (exact) mass is 278 g/mol. The van der Waals surface area contributed by atoms with Gasteiger partial charge in [0.25, 0.3) is 5.91 Å². The first-order chi connectivity index (χ1) is 9.63. The number of para-hydroxylation sites is 1. The lowest BCUT2D eigenvalue weighted by Gasteiger charge is -2.12. The summed E-state index contributed by atoms with van der Waals surface area (Å²) < 4.78 is 9.93. The van der Waals surface area contributed by atoms with Gasteiger partial charge in [-0.1, -0.05) is 12.1 Å². The molecule has 1 aliphatic heterocycles. The van der Waals surface area contributed by atoms with Crippen molar-refractivity contribution in [2.45, 2.75) is 0 Å². The fraction of sp³-hybridized carbons (Fsp3) is 0.308. The zero-order chi connectivity index (χ0) is 14.5. The van der Waals surface area contributed by atoms with Crippen LogP contribution in [0.3, 0.4) is 0 Å². The van der Waals surface area contributed by atoms with Gasteiger partial charge in [-0.3, -0.25) is 9.69 Å². The number of hydrogen-bond donors (Lipinski definition) is 1. The zero-order valence-corrected chi connectivity index (χ0v) is 10.9. The van der Waals surface area contributed by atoms with E-state index in [9.17, 15) is 14.4 Å². The minimum atomic E-state index is -0.671. The number of ether oxygens (including phenoxy) is 2. The lowest BCUT2D eigenvalue weighted by atomic mass is 10.2. The molecule has 7 nitrogen and oxygen atoms in total. The first kappa shape index (κ1) is 13.9. The third-order valence-electron chi connectivity index (χ3n) is 2.81. The molecule has 0 radical (unpaired) electrons. The van der Waals surface area contributed by atoms with Gasteiger partial charge in [0.2, 0.25) is 0 Å². The smallest absolute Gasteiger partial charge is 0.342 e. The number of hydrogen-bond acceptors (Lipinski definition) is 5. The Labute approximate surface area is 115 Å². The van der Waals surface area contributed by atoms with Crippen LogP contribution < -0.4 is 10.1 Å². The molecule has 0 aliphatic carbocycles. The van der Waals surface area contributed by atoms with Crippen molar-refractivity contribution >= 4 is 17.9 Å². The van der Waals surface area contributed by atoms with Crippen LogP contribution in [0.15, 0.2) is 24.3 Å². The van der Waals surface area contributed by atoms with Crippen LogP contribution in [0, 0.1) is 0 Å². The molecule has 1 aromatic rings. The van der Waals surface area contributed by atoms with Gasteiger partial charge in [0, 0.05) is 13.1 Å². The maximum Gasteiger partial charge on any atom is 0.342 e. The van der Waals surface area contributed by atoms with Crippen molar-refractivity contribution in [1.82, 2.24) is 10.2 Å². The Balaban J connectivity index is 1.95. The Kier molecular flexibility index (Phi) is 4.19. The van der Waals surface area contributed by atoms with Gasteiger partial charge in [0.05, 0.1) is 7.11 Å². The van der Waals surface area contributed by atoms with E-state index in [-0.39, 0.29) is 12.1 Å². The molecule has 0 saturated carbocycles. The number of carbonyl (C=O) groups is 3. The van der Waals surface area contributed by atoms with Crippen LogP contribution in [0.25, 0.3) is 0 Å². The summed E-state index contributed by atoms with van der Waals surface area (Å²) in [4.78, 5) is 35.8. The van der Waals surface area contributed by atoms with Gasteiger partial charge in [-0.25, -0.2) is 9.59 Å². The number of nitrogens with one attached hydrogen (secondary N) is 1. The Bertz CT molecular complexity index is 543. The van der Waals surface area contributed by atoms with Gasteiger partial charge in [0.15, 0.2) is 6.61 Å². The van der Waals surface area contributed by atoms with Crippen molar-refractivity contribution < 1.29 is 23.9 Å². The molecule has 1 fully saturated rings. The van der Waals surface area contributed by atoms with E-state index in [1.54, 1.807) is 18.2 Å². The van der Waals surface area contributed by atoms with Crippen molar-refractivity contribution in [1.29, 1.82) is 0 Å². The molecular formula is C13H14N2O5. The molecule has 106 valence electrons. The van der Waals surface area contributed by atoms with Crippen LogP contribution in [0.2, 0.25) is 0 Å². The van der Waals surface area contributed by atoms with Gasteiger partial charge in [0.1, 0.15) is 11.3 Å². The minimum Gasteiger partial charge on any atom is -0.496 e. The van der Waals surface area contributed by atoms with Crippen LogP contribution in [-0.2, 0) is 9.53 Å². The SMILES string of the molecule is COc1ccccc1C(=O)OCC(=O)N1CCNC1=O. The number of esters is 1. The molecule has 7 heteroatoms. The lowest BCUT2D eigenvalue weighted by molar-refractivity contribution is -0.130. The van der Waals surface area contributed by atoms with Gasteiger partial charge >= 0.3 is 12.0 Å². The predicted octanol–water partition coefficient (Wildman–Crippen LogP) is 0.404. The summed E-state index contributed by atoms with van der Waals surface area (Å²) in [5.41, 5.74) is 0.230. The van der Waals surface area contributed by atoms with E-state index < -0.39 is 24.5 Å². The van der Waals surface area contributed by atoms with E-state index in [0.29, 0.717) is 12.3 Å². The number of benzene rings is 1. The standard InChI is InChI=1S/C13H14N2O5/c1-19-10-5-3-2-4-9(10)12(17)20-8-11(16)15-7-6-14-13(15)18/h2-5H,6-8H2,1H3,(H,14,18). The maximum absolute atomic E-state index is 11.9. The normalized spacial score (nSPS) is 13.8. The third kappa shape index (κ3) is 2.87. The average Bonchev–Trinajstić information content (AvgIpc) is 2.90. The number of nitrogens with zero attached hydrogens (tertiary/aromatic N) is 1. The van der Waals surface area contributed by atoms with Crippen LogP contribution in [0.1, 0.15) is 10.4 Å². The molecule has 1 aliphatic rings. The first-order valence-electron chi connectivity index (χ1n) is 6.02. The van der Waals surface area contributed by atoms with E-state index in [1.165, 1.54) is 13.2 Å². The summed E-state index contributed by atoms with van der Waals surface area (Å²) in [6.45, 7) is 0.208. The minimum absolute atomic E-state index is 0.230. The molecule has 0 aromatic heterocycles. The molecule has 0 unspecified atom stereocenters. The van der Waals surface area contributed by atoms with E-state index in [2.05, 4.69) is 5.32 Å². The molecule has 2 rings (SSSR count). The van der Waals surface area contributed by atoms with E-state index >= 15 is 0 Å². The van der Waals surface area contributed by atoms with Crippen molar-refractivity contribution in [3.05, 3.63) is 29.8 Å². The highest BCUT2D eigenvalue weighted by molar-refractivity contribution is 5.98. The molecule has 0 bridgehead atoms. The molecule has 1 aromatic carbocycles. The Morgan fingerprint density at radius 2 is 2.10 bits per heavy atom. The molecular weight excluding hydrogens is 264 g/mol. The fourth-order valence-electron chi connectivity index (χ4n) is 1.81. The molecule has 20 heavy (non-hydrogen) atoms. The van der Waals surface area contributed by atoms with Gasteiger partial charge in [-0.05, 0) is 12.1 Å². The van der Waals surface area contributed by atoms with Gasteiger partial charge < -0.3 is 14.8 Å². The van der Waals surface area contributed by atoms with E-state index in [0.717, 1.165) is 4.90 Å². The molecule has 0 spiro atoms. The average molecular weight is 278 g/mol. The molecule has 1 saturated heterocycles. The third-order valence-corrected chi connectivity index (χ3v) is 2.81. The summed E-state index contributed by atoms with van der Waals surface area (Å²) >= 11 is 0. The highest BCUT2D eigenvalue weighted by Crippen LogP contribution is 2.18. The maximum atomic E-state index is 11.9. The Hall–Kier alpha value is -2.57. The summed E-state index contributed by atoms with van der Waals surface area (Å²) in [5, 5.41) is 2.49. The summed E-state index contributed by atoms with van der Waals surface area (Å²) in [6.07, 6.45) is 0. The second-order valence-corrected chi connectivity index (χ2v) is 4.05. The summed E-state index contributed by atoms with van der Waals surface area (Å²) in [6, 6.07) is 6.06. The van der Waals surface area contributed by atoms with E-state index in [4.69, 9.17) is 9.47 Å². The predicted molar refractivity (Wildman–Crippen MR) is 68.4 cm³/mol. The summed E-state index contributed by atoms with van der Waals surface area (Å²) in [7, 11) is 1.44. The first-order valence-corrected chi connectivity index (χ1v) is 6.02. The van der Waals surface area contributed by atoms with Crippen LogP contribution in [-0.4, -0.2) is 49.6 Å². The number of urea groups is 1. The molecule has 0 atom stereocenters. The number of rotatable bonds is 4. The molecule has 1 N–H and O–H groups in total. The van der Waals surface area contributed by atoms with Crippen molar-refractivity contribution in [2.24, 2.45) is 0 Å². The number of amides is 3. The lowest BCUT2D eigenvalue weighted by Crippen LogP contribution is -2.37. The zero-order valence-electron chi connectivity index (χ0n) is 10.9. The van der Waals surface area contributed by atoms with Crippen molar-refractivity contribution in [3.63, 3.8) is 0 Å². The van der Waals surface area contributed by atoms with Gasteiger partial charge in [-0.2, -0.15) is 0 Å². The van der Waals surface area contributed by atoms with Crippen molar-refractivity contribution in [3.8, 4) is 5.75 Å². The van der Waals surface area contributed by atoms with Crippen LogP contribution >= 0.6 is 0 Å². The quantitative estimate of drug-likeness (QED) is 0.806. The largest absolute Gasteiger partial charge is 0.496 e. The topological polar surface area (TPSA) is 84.9 Å². The Morgan fingerprint density at radius 1 is 1.35 bits per heavy atom. The fourth-order valence-corrected chi connectivity index (χ4v) is 1.81. The van der Waals surface area contributed by atoms with Gasteiger partial charge in [-0.15, -0.1) is 0 Å². The second-order valence-electron chi connectivity index (χ2n) is 4.05. The molecule has 1 heterocycles.